The average molecular weight is 419 g/mol. The van der Waals surface area contributed by atoms with Crippen molar-refractivity contribution in [1.82, 2.24) is 19.9 Å². The van der Waals surface area contributed by atoms with E-state index in [0.29, 0.717) is 52.9 Å². The number of methoxy groups -OCH3 is 3. The lowest BCUT2D eigenvalue weighted by molar-refractivity contribution is 0.224. The Morgan fingerprint density at radius 1 is 1.17 bits per heavy atom. The maximum absolute atomic E-state index is 5.54. The molecule has 0 bridgehead atoms. The van der Waals surface area contributed by atoms with E-state index in [1.165, 1.54) is 26.1 Å². The normalized spacial score (nSPS) is 17.1. The van der Waals surface area contributed by atoms with Gasteiger partial charge in [-0.05, 0) is 44.0 Å². The maximum atomic E-state index is 5.54. The Labute approximate surface area is 179 Å². The van der Waals surface area contributed by atoms with Crippen LogP contribution in [0, 0.1) is 11.8 Å². The molecule has 0 N–H and O–H groups in total. The Morgan fingerprint density at radius 3 is 2.60 bits per heavy atom. The second-order valence-electron chi connectivity index (χ2n) is 8.40. The summed E-state index contributed by atoms with van der Waals surface area (Å²) in [4.78, 5) is 9.41. The Balaban J connectivity index is 1.64. The first-order chi connectivity index (χ1) is 14.4. The summed E-state index contributed by atoms with van der Waals surface area (Å²) in [6, 6.07) is 3.65. The van der Waals surface area contributed by atoms with Crippen molar-refractivity contribution < 1.29 is 18.7 Å². The molecule has 0 aliphatic carbocycles. The van der Waals surface area contributed by atoms with E-state index in [-0.39, 0.29) is 0 Å². The minimum absolute atomic E-state index is 0.472. The maximum Gasteiger partial charge on any atom is 0.241 e. The Morgan fingerprint density at radius 2 is 1.93 bits per heavy atom. The smallest absolute Gasteiger partial charge is 0.241 e. The number of benzene rings is 1. The van der Waals surface area contributed by atoms with E-state index < -0.39 is 0 Å². The topological polar surface area (TPSA) is 73.1 Å². The van der Waals surface area contributed by atoms with Gasteiger partial charge >= 0.3 is 0 Å². The molecule has 1 saturated heterocycles. The summed E-state index contributed by atoms with van der Waals surface area (Å²) in [5, 5.41) is 4.16. The molecule has 0 unspecified atom stereocenters. The molecule has 1 aromatic heterocycles. The van der Waals surface area contributed by atoms with Gasteiger partial charge in [0.05, 0.1) is 33.4 Å². The zero-order valence-corrected chi connectivity index (χ0v) is 19.0. The molecule has 0 saturated carbocycles. The molecule has 0 amide bonds. The number of aromatic nitrogens is 2. The molecule has 2 aromatic rings. The zero-order valence-electron chi connectivity index (χ0n) is 19.0. The lowest BCUT2D eigenvalue weighted by Crippen LogP contribution is -2.29. The molecule has 1 atom stereocenters. The predicted octanol–water partition coefficient (Wildman–Crippen LogP) is 3.17. The van der Waals surface area contributed by atoms with Gasteiger partial charge < -0.3 is 23.6 Å². The highest BCUT2D eigenvalue weighted by molar-refractivity contribution is 5.71. The van der Waals surface area contributed by atoms with Gasteiger partial charge in [-0.3, -0.25) is 4.90 Å². The molecular weight excluding hydrogens is 384 g/mol. The molecule has 2 heterocycles. The second-order valence-corrected chi connectivity index (χ2v) is 8.40. The minimum atomic E-state index is 0.472. The van der Waals surface area contributed by atoms with Crippen molar-refractivity contribution in [2.24, 2.45) is 11.8 Å². The summed E-state index contributed by atoms with van der Waals surface area (Å²) in [6.45, 7) is 9.73. The molecule has 166 valence electrons. The summed E-state index contributed by atoms with van der Waals surface area (Å²) >= 11 is 0. The fraction of sp³-hybridized carbons (Fsp3) is 0.636. The van der Waals surface area contributed by atoms with Crippen LogP contribution in [0.5, 0.6) is 17.2 Å². The zero-order chi connectivity index (χ0) is 21.7. The third-order valence-corrected chi connectivity index (χ3v) is 5.38. The third-order valence-electron chi connectivity index (χ3n) is 5.38. The van der Waals surface area contributed by atoms with Gasteiger partial charge in [0, 0.05) is 19.6 Å². The van der Waals surface area contributed by atoms with Crippen LogP contribution < -0.4 is 14.2 Å². The van der Waals surface area contributed by atoms with E-state index in [1.807, 2.05) is 12.1 Å². The van der Waals surface area contributed by atoms with Crippen molar-refractivity contribution in [2.75, 3.05) is 54.6 Å². The number of hydrogen-bond donors (Lipinski definition) is 0. The SMILES string of the molecule is COc1ccc(-c2noc(CN(C)C[C@H]3CCN(CC(C)C)C3)n2)c(OC)c1OC. The van der Waals surface area contributed by atoms with Crippen molar-refractivity contribution in [3.05, 3.63) is 18.0 Å². The molecule has 1 aromatic carbocycles. The molecular formula is C22H34N4O4. The van der Waals surface area contributed by atoms with Crippen LogP contribution in [-0.4, -0.2) is 74.5 Å². The van der Waals surface area contributed by atoms with Crippen LogP contribution in [0.25, 0.3) is 11.4 Å². The molecule has 30 heavy (non-hydrogen) atoms. The summed E-state index contributed by atoms with van der Waals surface area (Å²) in [6.07, 6.45) is 1.25. The lowest BCUT2D eigenvalue weighted by Gasteiger charge is -2.21. The van der Waals surface area contributed by atoms with Crippen LogP contribution in [0.15, 0.2) is 16.7 Å². The first-order valence-electron chi connectivity index (χ1n) is 10.5. The van der Waals surface area contributed by atoms with E-state index in [9.17, 15) is 0 Å². The molecule has 3 rings (SSSR count). The third kappa shape index (κ3) is 5.23. The van der Waals surface area contributed by atoms with E-state index >= 15 is 0 Å². The predicted molar refractivity (Wildman–Crippen MR) is 115 cm³/mol. The number of nitrogens with zero attached hydrogens (tertiary/aromatic N) is 4. The molecule has 1 aliphatic heterocycles. The van der Waals surface area contributed by atoms with E-state index in [1.54, 1.807) is 21.3 Å². The number of rotatable bonds is 10. The van der Waals surface area contributed by atoms with Crippen molar-refractivity contribution in [3.63, 3.8) is 0 Å². The standard InChI is InChI=1S/C22H34N4O4/c1-15(2)11-26-10-9-16(13-26)12-25(3)14-19-23-22(24-30-19)17-7-8-18(27-4)21(29-6)20(17)28-5/h7-8,15-16H,9-14H2,1-6H3/t16-/m1/s1. The fourth-order valence-corrected chi connectivity index (χ4v) is 4.19. The van der Waals surface area contributed by atoms with Gasteiger partial charge in [-0.1, -0.05) is 19.0 Å². The van der Waals surface area contributed by atoms with Gasteiger partial charge in [0.15, 0.2) is 11.5 Å². The van der Waals surface area contributed by atoms with Crippen LogP contribution in [0.2, 0.25) is 0 Å². The lowest BCUT2D eigenvalue weighted by atomic mass is 10.1. The van der Waals surface area contributed by atoms with Crippen molar-refractivity contribution in [3.8, 4) is 28.6 Å². The van der Waals surface area contributed by atoms with E-state index in [0.717, 1.165) is 6.54 Å². The van der Waals surface area contributed by atoms with Crippen LogP contribution in [0.1, 0.15) is 26.2 Å². The van der Waals surface area contributed by atoms with Gasteiger partial charge in [-0.25, -0.2) is 0 Å². The summed E-state index contributed by atoms with van der Waals surface area (Å²) in [5.41, 5.74) is 0.702. The van der Waals surface area contributed by atoms with Crippen LogP contribution >= 0.6 is 0 Å². The first-order valence-corrected chi connectivity index (χ1v) is 10.5. The highest BCUT2D eigenvalue weighted by Crippen LogP contribution is 2.43. The number of hydrogen-bond acceptors (Lipinski definition) is 8. The minimum Gasteiger partial charge on any atom is -0.493 e. The molecule has 1 fully saturated rings. The van der Waals surface area contributed by atoms with E-state index in [4.69, 9.17) is 18.7 Å². The van der Waals surface area contributed by atoms with Crippen molar-refractivity contribution in [1.29, 1.82) is 0 Å². The van der Waals surface area contributed by atoms with Gasteiger partial charge in [0.2, 0.25) is 17.5 Å². The van der Waals surface area contributed by atoms with Crippen molar-refractivity contribution >= 4 is 0 Å². The molecule has 8 nitrogen and oxygen atoms in total. The monoisotopic (exact) mass is 418 g/mol. The highest BCUT2D eigenvalue weighted by Gasteiger charge is 2.25. The Bertz CT molecular complexity index is 823. The number of likely N-dealkylation sites (tertiary alicyclic amines) is 1. The molecule has 0 spiro atoms. The molecule has 8 heteroatoms. The van der Waals surface area contributed by atoms with Gasteiger partial charge in [-0.2, -0.15) is 4.98 Å². The molecule has 1 aliphatic rings. The highest BCUT2D eigenvalue weighted by atomic mass is 16.5. The average Bonchev–Trinajstić information content (AvgIpc) is 3.35. The first kappa shape index (κ1) is 22.4. The van der Waals surface area contributed by atoms with Gasteiger partial charge in [-0.15, -0.1) is 0 Å². The number of ether oxygens (including phenoxy) is 3. The molecule has 0 radical (unpaired) electrons. The second kappa shape index (κ2) is 10.1. The summed E-state index contributed by atoms with van der Waals surface area (Å²) in [5.74, 6) is 4.07. The van der Waals surface area contributed by atoms with Crippen molar-refractivity contribution in [2.45, 2.75) is 26.8 Å². The quantitative estimate of drug-likeness (QED) is 0.583. The van der Waals surface area contributed by atoms with Gasteiger partial charge in [0.25, 0.3) is 0 Å². The van der Waals surface area contributed by atoms with Crippen LogP contribution in [0.4, 0.5) is 0 Å². The Hall–Kier alpha value is -2.32. The summed E-state index contributed by atoms with van der Waals surface area (Å²) in [7, 11) is 6.85. The largest absolute Gasteiger partial charge is 0.493 e. The summed E-state index contributed by atoms with van der Waals surface area (Å²) < 4.78 is 21.8. The fourth-order valence-electron chi connectivity index (χ4n) is 4.19. The van der Waals surface area contributed by atoms with Crippen LogP contribution in [0.3, 0.4) is 0 Å². The Kier molecular flexibility index (Phi) is 7.55. The van der Waals surface area contributed by atoms with Gasteiger partial charge in [0.1, 0.15) is 0 Å². The van der Waals surface area contributed by atoms with Crippen LogP contribution in [-0.2, 0) is 6.54 Å². The van der Waals surface area contributed by atoms with E-state index in [2.05, 4.69) is 40.8 Å².